The number of halogens is 1. The second kappa shape index (κ2) is 9.72. The number of fused-ring (bicyclic) bond motifs is 1. The summed E-state index contributed by atoms with van der Waals surface area (Å²) >= 11 is 6.85. The van der Waals surface area contributed by atoms with Crippen LogP contribution in [0.15, 0.2) is 41.3 Å². The van der Waals surface area contributed by atoms with E-state index in [9.17, 15) is 4.79 Å². The molecule has 6 nitrogen and oxygen atoms in total. The average Bonchev–Trinajstić information content (AvgIpc) is 2.76. The van der Waals surface area contributed by atoms with Gasteiger partial charge in [0.25, 0.3) is 5.91 Å². The fourth-order valence-electron chi connectivity index (χ4n) is 3.93. The van der Waals surface area contributed by atoms with Crippen LogP contribution in [0.3, 0.4) is 0 Å². The molecule has 8 heteroatoms. The van der Waals surface area contributed by atoms with Crippen molar-refractivity contribution < 1.29 is 9.53 Å². The lowest BCUT2D eigenvalue weighted by molar-refractivity contribution is 0.102. The Labute approximate surface area is 201 Å². The van der Waals surface area contributed by atoms with E-state index in [1.165, 1.54) is 0 Å². The summed E-state index contributed by atoms with van der Waals surface area (Å²) < 4.78 is 6.46. The SMILES string of the molecule is CNCc1c(S)ccc(N2CCOCC2)c1C(=O)Nc1ccc2nc(I)cc(C)c2c1. The number of anilines is 2. The Hall–Kier alpha value is -1.88. The number of amides is 1. The first kappa shape index (κ1) is 22.3. The molecule has 1 aliphatic rings. The van der Waals surface area contributed by atoms with E-state index < -0.39 is 0 Å². The Bertz CT molecular complexity index is 1130. The van der Waals surface area contributed by atoms with Gasteiger partial charge in [-0.1, -0.05) is 0 Å². The van der Waals surface area contributed by atoms with Gasteiger partial charge in [0, 0.05) is 35.6 Å². The number of ether oxygens (including phenoxy) is 1. The molecule has 4 rings (SSSR count). The van der Waals surface area contributed by atoms with Gasteiger partial charge in [-0.05, 0) is 84.1 Å². The minimum absolute atomic E-state index is 0.141. The van der Waals surface area contributed by atoms with Gasteiger partial charge in [0.1, 0.15) is 3.70 Å². The topological polar surface area (TPSA) is 66.5 Å². The second-order valence-electron chi connectivity index (χ2n) is 7.54. The van der Waals surface area contributed by atoms with Gasteiger partial charge in [-0.3, -0.25) is 4.79 Å². The van der Waals surface area contributed by atoms with Crippen molar-refractivity contribution in [3.8, 4) is 0 Å². The molecule has 0 aliphatic carbocycles. The molecule has 31 heavy (non-hydrogen) atoms. The molecule has 162 valence electrons. The Morgan fingerprint density at radius 3 is 2.74 bits per heavy atom. The van der Waals surface area contributed by atoms with Crippen molar-refractivity contribution in [1.82, 2.24) is 10.3 Å². The van der Waals surface area contributed by atoms with Crippen LogP contribution in [-0.4, -0.2) is 44.2 Å². The van der Waals surface area contributed by atoms with Crippen LogP contribution in [0, 0.1) is 10.6 Å². The summed E-state index contributed by atoms with van der Waals surface area (Å²) in [6, 6.07) is 11.8. The highest BCUT2D eigenvalue weighted by atomic mass is 127. The van der Waals surface area contributed by atoms with Crippen molar-refractivity contribution in [2.24, 2.45) is 0 Å². The number of carbonyl (C=O) groups excluding carboxylic acids is 1. The summed E-state index contributed by atoms with van der Waals surface area (Å²) in [4.78, 5) is 21.1. The maximum Gasteiger partial charge on any atom is 0.258 e. The number of pyridine rings is 1. The van der Waals surface area contributed by atoms with Crippen molar-refractivity contribution in [2.75, 3.05) is 43.6 Å². The summed E-state index contributed by atoms with van der Waals surface area (Å²) in [6.07, 6.45) is 0. The van der Waals surface area contributed by atoms with Crippen LogP contribution in [0.1, 0.15) is 21.5 Å². The first-order chi connectivity index (χ1) is 15.0. The lowest BCUT2D eigenvalue weighted by Crippen LogP contribution is -2.37. The van der Waals surface area contributed by atoms with Gasteiger partial charge in [0.05, 0.1) is 30.0 Å². The molecule has 0 radical (unpaired) electrons. The number of thiol groups is 1. The van der Waals surface area contributed by atoms with Gasteiger partial charge in [0.2, 0.25) is 0 Å². The average molecular weight is 548 g/mol. The highest BCUT2D eigenvalue weighted by Gasteiger charge is 2.23. The summed E-state index contributed by atoms with van der Waals surface area (Å²) in [5.74, 6) is -0.141. The molecule has 0 saturated carbocycles. The smallest absolute Gasteiger partial charge is 0.258 e. The number of aryl methyl sites for hydroxylation is 1. The third-order valence-corrected chi connectivity index (χ3v) is 6.41. The maximum absolute atomic E-state index is 13.6. The Balaban J connectivity index is 1.73. The number of aromatic nitrogens is 1. The molecular formula is C23H25IN4O2S. The van der Waals surface area contributed by atoms with Crippen LogP contribution in [-0.2, 0) is 11.3 Å². The molecule has 1 saturated heterocycles. The van der Waals surface area contributed by atoms with E-state index in [0.717, 1.165) is 55.1 Å². The van der Waals surface area contributed by atoms with E-state index in [2.05, 4.69) is 62.7 Å². The van der Waals surface area contributed by atoms with Crippen LogP contribution >= 0.6 is 35.2 Å². The zero-order valence-corrected chi connectivity index (χ0v) is 20.6. The molecule has 0 bridgehead atoms. The van der Waals surface area contributed by atoms with E-state index in [-0.39, 0.29) is 5.91 Å². The van der Waals surface area contributed by atoms with Crippen LogP contribution in [0.25, 0.3) is 10.9 Å². The number of morpholine rings is 1. The monoisotopic (exact) mass is 548 g/mol. The lowest BCUT2D eigenvalue weighted by atomic mass is 10.0. The number of nitrogens with one attached hydrogen (secondary N) is 2. The summed E-state index contributed by atoms with van der Waals surface area (Å²) in [6.45, 7) is 5.43. The molecular weight excluding hydrogens is 523 g/mol. The fourth-order valence-corrected chi connectivity index (χ4v) is 4.92. The van der Waals surface area contributed by atoms with Crippen molar-refractivity contribution in [2.45, 2.75) is 18.4 Å². The number of benzene rings is 2. The van der Waals surface area contributed by atoms with E-state index >= 15 is 0 Å². The van der Waals surface area contributed by atoms with Crippen LogP contribution in [0.4, 0.5) is 11.4 Å². The van der Waals surface area contributed by atoms with E-state index in [1.54, 1.807) is 0 Å². The maximum atomic E-state index is 13.6. The highest BCUT2D eigenvalue weighted by molar-refractivity contribution is 14.1. The summed E-state index contributed by atoms with van der Waals surface area (Å²) in [5.41, 5.74) is 5.26. The van der Waals surface area contributed by atoms with Gasteiger partial charge in [-0.2, -0.15) is 0 Å². The molecule has 3 aromatic rings. The molecule has 2 heterocycles. The largest absolute Gasteiger partial charge is 0.378 e. The minimum Gasteiger partial charge on any atom is -0.378 e. The Morgan fingerprint density at radius 1 is 1.23 bits per heavy atom. The standard InChI is InChI=1S/C23H25IN4O2S/c1-14-11-21(24)27-18-4-3-15(12-16(14)18)26-23(29)22-17(13-25-2)20(31)6-5-19(22)28-7-9-30-10-8-28/h3-6,11-12,25,31H,7-10,13H2,1-2H3,(H,26,29). The first-order valence-corrected chi connectivity index (χ1v) is 11.7. The molecule has 1 aliphatic heterocycles. The fraction of sp³-hybridized carbons (Fsp3) is 0.304. The first-order valence-electron chi connectivity index (χ1n) is 10.2. The molecule has 0 unspecified atom stereocenters. The third kappa shape index (κ3) is 4.82. The predicted molar refractivity (Wildman–Crippen MR) is 137 cm³/mol. The molecule has 0 atom stereocenters. The second-order valence-corrected chi connectivity index (χ2v) is 9.12. The van der Waals surface area contributed by atoms with Gasteiger partial charge in [0.15, 0.2) is 0 Å². The van der Waals surface area contributed by atoms with Gasteiger partial charge >= 0.3 is 0 Å². The number of hydrogen-bond acceptors (Lipinski definition) is 6. The normalized spacial score (nSPS) is 14.1. The number of rotatable bonds is 5. The minimum atomic E-state index is -0.141. The summed E-state index contributed by atoms with van der Waals surface area (Å²) in [5, 5.41) is 7.31. The lowest BCUT2D eigenvalue weighted by Gasteiger charge is -2.31. The van der Waals surface area contributed by atoms with Crippen molar-refractivity contribution in [1.29, 1.82) is 0 Å². The Kier molecular flexibility index (Phi) is 7.00. The van der Waals surface area contributed by atoms with E-state index in [0.29, 0.717) is 25.3 Å². The molecule has 1 fully saturated rings. The molecule has 1 amide bonds. The predicted octanol–water partition coefficient (Wildman–Crippen LogP) is 4.24. The van der Waals surface area contributed by atoms with Crippen LogP contribution in [0.5, 0.6) is 0 Å². The number of carbonyl (C=O) groups is 1. The Morgan fingerprint density at radius 2 is 2.00 bits per heavy atom. The molecule has 2 N–H and O–H groups in total. The van der Waals surface area contributed by atoms with Gasteiger partial charge < -0.3 is 20.3 Å². The van der Waals surface area contributed by atoms with Gasteiger partial charge in [-0.15, -0.1) is 12.6 Å². The molecule has 2 aromatic carbocycles. The van der Waals surface area contributed by atoms with Crippen molar-refractivity contribution in [3.63, 3.8) is 0 Å². The molecule has 0 spiro atoms. The zero-order chi connectivity index (χ0) is 22.0. The van der Waals surface area contributed by atoms with Crippen molar-refractivity contribution in [3.05, 3.63) is 56.8 Å². The van der Waals surface area contributed by atoms with Crippen LogP contribution in [0.2, 0.25) is 0 Å². The quantitative estimate of drug-likeness (QED) is 0.253. The zero-order valence-electron chi connectivity index (χ0n) is 17.5. The molecule has 1 aromatic heterocycles. The van der Waals surface area contributed by atoms with Crippen molar-refractivity contribution >= 4 is 63.4 Å². The number of hydrogen-bond donors (Lipinski definition) is 3. The highest BCUT2D eigenvalue weighted by Crippen LogP contribution is 2.31. The third-order valence-electron chi connectivity index (χ3n) is 5.44. The van der Waals surface area contributed by atoms with Crippen LogP contribution < -0.4 is 15.5 Å². The van der Waals surface area contributed by atoms with E-state index in [1.807, 2.05) is 43.4 Å². The van der Waals surface area contributed by atoms with Gasteiger partial charge in [-0.25, -0.2) is 4.98 Å². The summed E-state index contributed by atoms with van der Waals surface area (Å²) in [7, 11) is 1.87. The van der Waals surface area contributed by atoms with E-state index in [4.69, 9.17) is 4.74 Å². The number of nitrogens with zero attached hydrogens (tertiary/aromatic N) is 2.